The number of ether oxygens (including phenoxy) is 2. The van der Waals surface area contributed by atoms with E-state index in [0.29, 0.717) is 18.7 Å². The van der Waals surface area contributed by atoms with Crippen LogP contribution in [0.5, 0.6) is 5.75 Å². The third kappa shape index (κ3) is 2.60. The average molecular weight is 347 g/mol. The first-order valence-electron chi connectivity index (χ1n) is 7.36. The first-order valence-corrected chi connectivity index (χ1v) is 8.80. The van der Waals surface area contributed by atoms with E-state index in [1.807, 2.05) is 12.1 Å². The number of hydrogen-bond donors (Lipinski definition) is 0. The van der Waals surface area contributed by atoms with Gasteiger partial charge in [-0.25, -0.2) is 13.2 Å². The van der Waals surface area contributed by atoms with Crippen LogP contribution in [0.4, 0.5) is 5.69 Å². The second-order valence-corrected chi connectivity index (χ2v) is 7.17. The van der Waals surface area contributed by atoms with Crippen molar-refractivity contribution in [1.29, 1.82) is 0 Å². The third-order valence-corrected chi connectivity index (χ3v) is 5.82. The van der Waals surface area contributed by atoms with E-state index in [4.69, 9.17) is 9.47 Å². The van der Waals surface area contributed by atoms with Crippen molar-refractivity contribution in [3.63, 3.8) is 0 Å². The molecule has 0 aromatic heterocycles. The van der Waals surface area contributed by atoms with Crippen LogP contribution in [0, 0.1) is 0 Å². The zero-order chi connectivity index (χ0) is 17.3. The first-order chi connectivity index (χ1) is 11.5. The average Bonchev–Trinajstić information content (AvgIpc) is 3.05. The number of methoxy groups -OCH3 is 2. The van der Waals surface area contributed by atoms with E-state index in [1.54, 1.807) is 12.1 Å². The van der Waals surface area contributed by atoms with E-state index in [9.17, 15) is 13.2 Å². The number of para-hydroxylation sites is 1. The maximum atomic E-state index is 13.0. The van der Waals surface area contributed by atoms with Gasteiger partial charge in [-0.1, -0.05) is 18.2 Å². The summed E-state index contributed by atoms with van der Waals surface area (Å²) in [5.74, 6) is -0.381. The van der Waals surface area contributed by atoms with E-state index in [1.165, 1.54) is 36.7 Å². The lowest BCUT2D eigenvalue weighted by Crippen LogP contribution is -2.29. The third-order valence-electron chi connectivity index (χ3n) is 4.01. The van der Waals surface area contributed by atoms with Crippen LogP contribution in [-0.2, 0) is 21.2 Å². The molecule has 0 aliphatic carbocycles. The zero-order valence-electron chi connectivity index (χ0n) is 13.4. The van der Waals surface area contributed by atoms with Gasteiger partial charge in [0.15, 0.2) is 0 Å². The molecule has 6 nitrogen and oxygen atoms in total. The summed E-state index contributed by atoms with van der Waals surface area (Å²) in [5, 5.41) is 0. The van der Waals surface area contributed by atoms with Crippen LogP contribution in [0.1, 0.15) is 15.9 Å². The van der Waals surface area contributed by atoms with Gasteiger partial charge in [-0.3, -0.25) is 4.31 Å². The molecule has 2 aromatic rings. The summed E-state index contributed by atoms with van der Waals surface area (Å²) in [7, 11) is -1.13. The van der Waals surface area contributed by atoms with Gasteiger partial charge in [0.25, 0.3) is 10.0 Å². The highest BCUT2D eigenvalue weighted by Crippen LogP contribution is 2.33. The number of fused-ring (bicyclic) bond motifs is 1. The van der Waals surface area contributed by atoms with Crippen LogP contribution in [0.15, 0.2) is 47.4 Å². The van der Waals surface area contributed by atoms with Gasteiger partial charge in [0.2, 0.25) is 0 Å². The minimum absolute atomic E-state index is 0.0282. The largest absolute Gasteiger partial charge is 0.496 e. The van der Waals surface area contributed by atoms with Gasteiger partial charge >= 0.3 is 5.97 Å². The molecule has 0 atom stereocenters. The van der Waals surface area contributed by atoms with E-state index in [-0.39, 0.29) is 16.2 Å². The summed E-state index contributed by atoms with van der Waals surface area (Å²) >= 11 is 0. The Balaban J connectivity index is 2.07. The van der Waals surface area contributed by atoms with Gasteiger partial charge in [0, 0.05) is 6.54 Å². The van der Waals surface area contributed by atoms with Gasteiger partial charge in [0.1, 0.15) is 11.3 Å². The topological polar surface area (TPSA) is 72.9 Å². The van der Waals surface area contributed by atoms with Crippen molar-refractivity contribution in [1.82, 2.24) is 0 Å². The number of hydrogen-bond acceptors (Lipinski definition) is 5. The van der Waals surface area contributed by atoms with Gasteiger partial charge < -0.3 is 9.47 Å². The Labute approximate surface area is 140 Å². The van der Waals surface area contributed by atoms with Crippen LogP contribution in [0.25, 0.3) is 0 Å². The molecule has 1 heterocycles. The Morgan fingerprint density at radius 1 is 1.12 bits per heavy atom. The summed E-state index contributed by atoms with van der Waals surface area (Å²) in [6, 6.07) is 11.6. The molecular weight excluding hydrogens is 330 g/mol. The van der Waals surface area contributed by atoms with Gasteiger partial charge in [-0.15, -0.1) is 0 Å². The summed E-state index contributed by atoms with van der Waals surface area (Å²) in [6.07, 6.45) is 0.662. The van der Waals surface area contributed by atoms with Gasteiger partial charge in [0.05, 0.1) is 24.8 Å². The molecule has 2 aromatic carbocycles. The fourth-order valence-corrected chi connectivity index (χ4v) is 4.33. The summed E-state index contributed by atoms with van der Waals surface area (Å²) in [5.41, 5.74) is 1.74. The second kappa shape index (κ2) is 6.16. The van der Waals surface area contributed by atoms with Crippen molar-refractivity contribution in [2.24, 2.45) is 0 Å². The molecule has 0 unspecified atom stereocenters. The molecule has 1 aliphatic rings. The molecule has 126 valence electrons. The highest BCUT2D eigenvalue weighted by molar-refractivity contribution is 7.92. The predicted molar refractivity (Wildman–Crippen MR) is 89.0 cm³/mol. The smallest absolute Gasteiger partial charge is 0.341 e. The Morgan fingerprint density at radius 3 is 2.58 bits per heavy atom. The van der Waals surface area contributed by atoms with Crippen LogP contribution < -0.4 is 9.04 Å². The number of rotatable bonds is 4. The molecule has 1 aliphatic heterocycles. The number of carbonyl (C=O) groups excluding carboxylic acids is 1. The Morgan fingerprint density at radius 2 is 1.88 bits per heavy atom. The molecule has 0 spiro atoms. The lowest BCUT2D eigenvalue weighted by Gasteiger charge is -2.20. The highest BCUT2D eigenvalue weighted by atomic mass is 32.2. The first kappa shape index (κ1) is 16.3. The SMILES string of the molecule is COC(=O)c1cc(S(=O)(=O)N2CCc3ccccc32)ccc1OC. The van der Waals surface area contributed by atoms with E-state index >= 15 is 0 Å². The number of anilines is 1. The van der Waals surface area contributed by atoms with Gasteiger partial charge in [-0.05, 0) is 36.2 Å². The maximum absolute atomic E-state index is 13.0. The molecule has 0 amide bonds. The predicted octanol–water partition coefficient (Wildman–Crippen LogP) is 2.23. The number of benzene rings is 2. The quantitative estimate of drug-likeness (QED) is 0.793. The molecule has 0 saturated carbocycles. The summed E-state index contributed by atoms with van der Waals surface area (Å²) < 4.78 is 37.2. The van der Waals surface area contributed by atoms with E-state index in [2.05, 4.69) is 0 Å². The van der Waals surface area contributed by atoms with Crippen LogP contribution in [-0.4, -0.2) is 35.2 Å². The molecule has 0 radical (unpaired) electrons. The Bertz CT molecular complexity index is 892. The van der Waals surface area contributed by atoms with Crippen LogP contribution >= 0.6 is 0 Å². The monoisotopic (exact) mass is 347 g/mol. The molecule has 0 N–H and O–H groups in total. The molecule has 7 heteroatoms. The number of nitrogens with zero attached hydrogens (tertiary/aromatic N) is 1. The summed E-state index contributed by atoms with van der Waals surface area (Å²) in [6.45, 7) is 0.376. The Hall–Kier alpha value is -2.54. The van der Waals surface area contributed by atoms with E-state index < -0.39 is 16.0 Å². The van der Waals surface area contributed by atoms with Crippen molar-refractivity contribution in [3.8, 4) is 5.75 Å². The molecule has 0 bridgehead atoms. The fraction of sp³-hybridized carbons (Fsp3) is 0.235. The number of esters is 1. The lowest BCUT2D eigenvalue weighted by atomic mass is 10.2. The second-order valence-electron chi connectivity index (χ2n) is 5.31. The van der Waals surface area contributed by atoms with Crippen LogP contribution in [0.2, 0.25) is 0 Å². The molecular formula is C17H17NO5S. The Kier molecular flexibility index (Phi) is 4.19. The fourth-order valence-electron chi connectivity index (χ4n) is 2.80. The van der Waals surface area contributed by atoms with Crippen LogP contribution in [0.3, 0.4) is 0 Å². The molecule has 0 saturated heterocycles. The number of sulfonamides is 1. The lowest BCUT2D eigenvalue weighted by molar-refractivity contribution is 0.0597. The minimum Gasteiger partial charge on any atom is -0.496 e. The summed E-state index contributed by atoms with van der Waals surface area (Å²) in [4.78, 5) is 11.9. The van der Waals surface area contributed by atoms with Crippen molar-refractivity contribution in [2.45, 2.75) is 11.3 Å². The molecule has 24 heavy (non-hydrogen) atoms. The minimum atomic E-state index is -3.77. The van der Waals surface area contributed by atoms with Crippen molar-refractivity contribution in [2.75, 3.05) is 25.1 Å². The molecule has 0 fully saturated rings. The van der Waals surface area contributed by atoms with E-state index in [0.717, 1.165) is 5.56 Å². The number of carbonyl (C=O) groups is 1. The zero-order valence-corrected chi connectivity index (χ0v) is 14.2. The van der Waals surface area contributed by atoms with Crippen molar-refractivity contribution in [3.05, 3.63) is 53.6 Å². The standard InChI is InChI=1S/C17H17NO5S/c1-22-16-8-7-13(11-14(16)17(19)23-2)24(20,21)18-10-9-12-5-3-4-6-15(12)18/h3-8,11H,9-10H2,1-2H3. The maximum Gasteiger partial charge on any atom is 0.341 e. The van der Waals surface area contributed by atoms with Crippen molar-refractivity contribution >= 4 is 21.7 Å². The van der Waals surface area contributed by atoms with Gasteiger partial charge in [-0.2, -0.15) is 0 Å². The highest BCUT2D eigenvalue weighted by Gasteiger charge is 2.31. The molecule has 3 rings (SSSR count). The van der Waals surface area contributed by atoms with Crippen molar-refractivity contribution < 1.29 is 22.7 Å². The normalized spacial score (nSPS) is 13.5.